The summed E-state index contributed by atoms with van der Waals surface area (Å²) in [5.74, 6) is -0.517. The second-order valence-corrected chi connectivity index (χ2v) is 7.53. The Hall–Kier alpha value is -2.12. The van der Waals surface area contributed by atoms with E-state index in [1.807, 2.05) is 13.0 Å². The molecule has 1 aliphatic rings. The zero-order valence-corrected chi connectivity index (χ0v) is 16.8. The maximum atomic E-state index is 12.2. The van der Waals surface area contributed by atoms with Gasteiger partial charge in [-0.3, -0.25) is 5.32 Å². The van der Waals surface area contributed by atoms with Crippen molar-refractivity contribution < 1.29 is 23.8 Å². The van der Waals surface area contributed by atoms with Crippen LogP contribution in [0.5, 0.6) is 0 Å². The van der Waals surface area contributed by atoms with Crippen molar-refractivity contribution in [1.29, 1.82) is 0 Å². The standard InChI is InChI=1S/C20H30N2O5/c1-6-26-14-9-10-21-16(12-14)13-7-8-15(18(23)25-5)17(11-13)22-19(24)27-20(2,3)4/h7-8,11,14,16,21H,6,9-10,12H2,1-5H3,(H,22,24). The number of esters is 1. The number of ether oxygens (including phenoxy) is 3. The molecule has 0 aromatic heterocycles. The first-order valence-electron chi connectivity index (χ1n) is 9.30. The molecule has 2 rings (SSSR count). The molecule has 1 aromatic carbocycles. The number of benzene rings is 1. The van der Waals surface area contributed by atoms with Gasteiger partial charge in [0, 0.05) is 12.6 Å². The summed E-state index contributed by atoms with van der Waals surface area (Å²) in [6.45, 7) is 8.87. The van der Waals surface area contributed by atoms with Gasteiger partial charge < -0.3 is 19.5 Å². The third-order valence-corrected chi connectivity index (χ3v) is 4.24. The summed E-state index contributed by atoms with van der Waals surface area (Å²) in [6.07, 6.45) is 1.38. The van der Waals surface area contributed by atoms with Crippen LogP contribution in [0, 0.1) is 0 Å². The molecule has 7 heteroatoms. The van der Waals surface area contributed by atoms with E-state index in [-0.39, 0.29) is 17.7 Å². The van der Waals surface area contributed by atoms with Gasteiger partial charge in [-0.25, -0.2) is 9.59 Å². The molecule has 1 aliphatic heterocycles. The summed E-state index contributed by atoms with van der Waals surface area (Å²) in [5.41, 5.74) is 0.985. The molecule has 2 atom stereocenters. The lowest BCUT2D eigenvalue weighted by Crippen LogP contribution is -2.35. The number of amides is 1. The zero-order chi connectivity index (χ0) is 20.0. The van der Waals surface area contributed by atoms with Gasteiger partial charge in [-0.1, -0.05) is 6.07 Å². The molecule has 7 nitrogen and oxygen atoms in total. The monoisotopic (exact) mass is 378 g/mol. The van der Waals surface area contributed by atoms with Gasteiger partial charge in [0.2, 0.25) is 0 Å². The lowest BCUT2D eigenvalue weighted by molar-refractivity contribution is 0.0297. The van der Waals surface area contributed by atoms with Crippen LogP contribution in [0.25, 0.3) is 0 Å². The van der Waals surface area contributed by atoms with Gasteiger partial charge in [0.15, 0.2) is 0 Å². The van der Waals surface area contributed by atoms with Crippen LogP contribution in [-0.2, 0) is 14.2 Å². The van der Waals surface area contributed by atoms with E-state index in [1.54, 1.807) is 32.9 Å². The smallest absolute Gasteiger partial charge is 0.412 e. The Morgan fingerprint density at radius 1 is 1.30 bits per heavy atom. The summed E-state index contributed by atoms with van der Waals surface area (Å²) >= 11 is 0. The maximum Gasteiger partial charge on any atom is 0.412 e. The highest BCUT2D eigenvalue weighted by atomic mass is 16.6. The molecular weight excluding hydrogens is 348 g/mol. The highest BCUT2D eigenvalue weighted by molar-refractivity contribution is 5.99. The van der Waals surface area contributed by atoms with Gasteiger partial charge in [0.25, 0.3) is 0 Å². The average molecular weight is 378 g/mol. The predicted molar refractivity (Wildman–Crippen MR) is 103 cm³/mol. The van der Waals surface area contributed by atoms with Gasteiger partial charge in [0.1, 0.15) is 5.60 Å². The van der Waals surface area contributed by atoms with Crippen molar-refractivity contribution in [2.75, 3.05) is 25.6 Å². The van der Waals surface area contributed by atoms with E-state index < -0.39 is 17.7 Å². The Balaban J connectivity index is 2.25. The van der Waals surface area contributed by atoms with Crippen molar-refractivity contribution in [2.24, 2.45) is 0 Å². The first-order valence-corrected chi connectivity index (χ1v) is 9.30. The van der Waals surface area contributed by atoms with E-state index in [9.17, 15) is 9.59 Å². The summed E-state index contributed by atoms with van der Waals surface area (Å²) < 4.78 is 15.9. The fourth-order valence-electron chi connectivity index (χ4n) is 3.11. The molecule has 2 N–H and O–H groups in total. The topological polar surface area (TPSA) is 85.9 Å². The van der Waals surface area contributed by atoms with Crippen molar-refractivity contribution in [2.45, 2.75) is 58.3 Å². The first kappa shape index (κ1) is 21.2. The van der Waals surface area contributed by atoms with Crippen molar-refractivity contribution in [3.63, 3.8) is 0 Å². The predicted octanol–water partition coefficient (Wildman–Crippen LogP) is 3.65. The van der Waals surface area contributed by atoms with Crippen LogP contribution in [0.2, 0.25) is 0 Å². The maximum absolute atomic E-state index is 12.2. The summed E-state index contributed by atoms with van der Waals surface area (Å²) in [7, 11) is 1.31. The fourth-order valence-corrected chi connectivity index (χ4v) is 3.11. The second kappa shape index (κ2) is 9.19. The minimum atomic E-state index is -0.636. The third kappa shape index (κ3) is 6.22. The minimum Gasteiger partial charge on any atom is -0.465 e. The van der Waals surface area contributed by atoms with E-state index >= 15 is 0 Å². The Morgan fingerprint density at radius 3 is 2.67 bits per heavy atom. The minimum absolute atomic E-state index is 0.0844. The Morgan fingerprint density at radius 2 is 2.04 bits per heavy atom. The number of nitrogens with one attached hydrogen (secondary N) is 2. The first-order chi connectivity index (χ1) is 12.7. The Kier molecular flexibility index (Phi) is 7.21. The molecular formula is C20H30N2O5. The average Bonchev–Trinajstić information content (AvgIpc) is 2.60. The quantitative estimate of drug-likeness (QED) is 0.761. The van der Waals surface area contributed by atoms with Crippen LogP contribution in [0.1, 0.15) is 62.5 Å². The van der Waals surface area contributed by atoms with Gasteiger partial charge in [-0.2, -0.15) is 0 Å². The molecule has 2 unspecified atom stereocenters. The van der Waals surface area contributed by atoms with E-state index in [0.29, 0.717) is 12.3 Å². The van der Waals surface area contributed by atoms with E-state index in [0.717, 1.165) is 24.9 Å². The SMILES string of the molecule is CCOC1CCNC(c2ccc(C(=O)OC)c(NC(=O)OC(C)(C)C)c2)C1. The van der Waals surface area contributed by atoms with E-state index in [4.69, 9.17) is 14.2 Å². The molecule has 150 valence electrons. The number of hydrogen-bond donors (Lipinski definition) is 2. The molecule has 0 saturated carbocycles. The summed E-state index contributed by atoms with van der Waals surface area (Å²) in [4.78, 5) is 24.3. The summed E-state index contributed by atoms with van der Waals surface area (Å²) in [5, 5.41) is 6.14. The molecule has 1 saturated heterocycles. The van der Waals surface area contributed by atoms with Crippen molar-refractivity contribution in [3.05, 3.63) is 29.3 Å². The van der Waals surface area contributed by atoms with Crippen molar-refractivity contribution in [3.8, 4) is 0 Å². The largest absolute Gasteiger partial charge is 0.465 e. The van der Waals surface area contributed by atoms with Crippen molar-refractivity contribution in [1.82, 2.24) is 5.32 Å². The van der Waals surface area contributed by atoms with Crippen molar-refractivity contribution >= 4 is 17.7 Å². The van der Waals surface area contributed by atoms with Crippen LogP contribution in [0.4, 0.5) is 10.5 Å². The van der Waals surface area contributed by atoms with E-state index in [1.165, 1.54) is 7.11 Å². The molecule has 1 amide bonds. The molecule has 1 heterocycles. The lowest BCUT2D eigenvalue weighted by Gasteiger charge is -2.31. The van der Waals surface area contributed by atoms with Crippen LogP contribution in [0.15, 0.2) is 18.2 Å². The van der Waals surface area contributed by atoms with Gasteiger partial charge in [-0.15, -0.1) is 0 Å². The lowest BCUT2D eigenvalue weighted by atomic mass is 9.94. The zero-order valence-electron chi connectivity index (χ0n) is 16.8. The third-order valence-electron chi connectivity index (χ3n) is 4.24. The van der Waals surface area contributed by atoms with Crippen LogP contribution >= 0.6 is 0 Å². The number of methoxy groups -OCH3 is 1. The highest BCUT2D eigenvalue weighted by Gasteiger charge is 2.25. The molecule has 0 aliphatic carbocycles. The number of anilines is 1. The number of carbonyl (C=O) groups excluding carboxylic acids is 2. The van der Waals surface area contributed by atoms with Crippen LogP contribution in [0.3, 0.4) is 0 Å². The fraction of sp³-hybridized carbons (Fsp3) is 0.600. The van der Waals surface area contributed by atoms with Gasteiger partial charge in [0.05, 0.1) is 24.5 Å². The molecule has 0 spiro atoms. The van der Waals surface area contributed by atoms with Crippen LogP contribution in [-0.4, -0.2) is 44.0 Å². The number of rotatable bonds is 5. The Labute approximate surface area is 160 Å². The number of hydrogen-bond acceptors (Lipinski definition) is 6. The molecule has 27 heavy (non-hydrogen) atoms. The van der Waals surface area contributed by atoms with Crippen LogP contribution < -0.4 is 10.6 Å². The van der Waals surface area contributed by atoms with Gasteiger partial charge >= 0.3 is 12.1 Å². The molecule has 1 fully saturated rings. The molecule has 0 radical (unpaired) electrons. The Bertz CT molecular complexity index is 667. The van der Waals surface area contributed by atoms with Gasteiger partial charge in [-0.05, 0) is 64.8 Å². The normalized spacial score (nSPS) is 20.0. The number of carbonyl (C=O) groups is 2. The summed E-state index contributed by atoms with van der Waals surface area (Å²) in [6, 6.07) is 5.42. The molecule has 0 bridgehead atoms. The number of piperidine rings is 1. The molecule has 1 aromatic rings. The second-order valence-electron chi connectivity index (χ2n) is 7.53. The van der Waals surface area contributed by atoms with E-state index in [2.05, 4.69) is 10.6 Å². The highest BCUT2D eigenvalue weighted by Crippen LogP contribution is 2.29.